The molecule has 148 valence electrons. The maximum Gasteiger partial charge on any atom is 0.282 e. The Bertz CT molecular complexity index is 1230. The number of thioether (sulfide) groups is 1. The summed E-state index contributed by atoms with van der Waals surface area (Å²) in [5.41, 5.74) is 1.45. The average Bonchev–Trinajstić information content (AvgIpc) is 3.04. The molecule has 0 bridgehead atoms. The van der Waals surface area contributed by atoms with Crippen LogP contribution in [0.1, 0.15) is 11.1 Å². The van der Waals surface area contributed by atoms with Crippen molar-refractivity contribution in [2.24, 2.45) is 7.05 Å². The van der Waals surface area contributed by atoms with Gasteiger partial charge in [-0.2, -0.15) is 5.10 Å². The second-order valence-corrected chi connectivity index (χ2v) is 7.46. The zero-order chi connectivity index (χ0) is 20.5. The average molecular weight is 416 g/mol. The topological polar surface area (TPSA) is 52.7 Å². The maximum absolute atomic E-state index is 13.5. The molecule has 0 unspecified atom stereocenters. The maximum atomic E-state index is 13.5. The smallest absolute Gasteiger partial charge is 0.281 e. The lowest BCUT2D eigenvalue weighted by atomic mass is 10.2. The van der Waals surface area contributed by atoms with Crippen molar-refractivity contribution in [2.75, 3.05) is 0 Å². The van der Waals surface area contributed by atoms with E-state index in [9.17, 15) is 18.0 Å². The summed E-state index contributed by atoms with van der Waals surface area (Å²) in [6, 6.07) is 9.08. The third kappa shape index (κ3) is 4.19. The summed E-state index contributed by atoms with van der Waals surface area (Å²) in [5, 5.41) is 4.54. The molecule has 0 N–H and O–H groups in total. The highest BCUT2D eigenvalue weighted by atomic mass is 32.2. The molecule has 0 amide bonds. The monoisotopic (exact) mass is 416 g/mol. The predicted molar refractivity (Wildman–Crippen MR) is 104 cm³/mol. The van der Waals surface area contributed by atoms with Crippen LogP contribution in [0, 0.1) is 17.5 Å². The number of aryl methyl sites for hydroxylation is 1. The molecule has 0 aliphatic heterocycles. The molecule has 0 aliphatic rings. The highest BCUT2D eigenvalue weighted by molar-refractivity contribution is 7.98. The molecule has 0 fully saturated rings. The summed E-state index contributed by atoms with van der Waals surface area (Å²) in [6.07, 6.45) is 1.63. The van der Waals surface area contributed by atoms with Crippen LogP contribution in [0.3, 0.4) is 0 Å². The van der Waals surface area contributed by atoms with E-state index in [2.05, 4.69) is 10.1 Å². The van der Waals surface area contributed by atoms with Crippen LogP contribution in [0.15, 0.2) is 58.6 Å². The second-order valence-electron chi connectivity index (χ2n) is 6.52. The van der Waals surface area contributed by atoms with Crippen molar-refractivity contribution in [3.63, 3.8) is 0 Å². The van der Waals surface area contributed by atoms with E-state index < -0.39 is 11.6 Å². The lowest BCUT2D eigenvalue weighted by Crippen LogP contribution is -2.24. The normalized spacial score (nSPS) is 11.3. The molecule has 2 heterocycles. The van der Waals surface area contributed by atoms with E-state index in [4.69, 9.17) is 0 Å². The van der Waals surface area contributed by atoms with E-state index in [1.54, 1.807) is 25.4 Å². The summed E-state index contributed by atoms with van der Waals surface area (Å²) < 4.78 is 43.1. The third-order valence-corrected chi connectivity index (χ3v) is 5.30. The van der Waals surface area contributed by atoms with Gasteiger partial charge in [0.25, 0.3) is 5.56 Å². The van der Waals surface area contributed by atoms with Gasteiger partial charge in [0, 0.05) is 18.9 Å². The molecule has 0 atom stereocenters. The number of hydrogen-bond donors (Lipinski definition) is 0. The number of hydrogen-bond acceptors (Lipinski definition) is 4. The first-order chi connectivity index (χ1) is 13.9. The highest BCUT2D eigenvalue weighted by Gasteiger charge is 2.15. The van der Waals surface area contributed by atoms with Gasteiger partial charge in [-0.1, -0.05) is 23.9 Å². The molecular weight excluding hydrogens is 401 g/mol. The van der Waals surface area contributed by atoms with Crippen molar-refractivity contribution < 1.29 is 13.2 Å². The van der Waals surface area contributed by atoms with Crippen molar-refractivity contribution in [1.82, 2.24) is 19.3 Å². The van der Waals surface area contributed by atoms with Gasteiger partial charge in [-0.25, -0.2) is 18.2 Å². The van der Waals surface area contributed by atoms with E-state index in [-0.39, 0.29) is 29.2 Å². The zero-order valence-electron chi connectivity index (χ0n) is 15.3. The van der Waals surface area contributed by atoms with Crippen LogP contribution in [-0.4, -0.2) is 19.3 Å². The lowest BCUT2D eigenvalue weighted by molar-refractivity contribution is 0.581. The van der Waals surface area contributed by atoms with Crippen LogP contribution in [-0.2, 0) is 19.3 Å². The van der Waals surface area contributed by atoms with Crippen LogP contribution in [0.2, 0.25) is 0 Å². The van der Waals surface area contributed by atoms with Crippen molar-refractivity contribution in [1.29, 1.82) is 0 Å². The van der Waals surface area contributed by atoms with Crippen LogP contribution >= 0.6 is 11.8 Å². The fourth-order valence-corrected chi connectivity index (χ4v) is 3.88. The molecule has 9 heteroatoms. The first-order valence-electron chi connectivity index (χ1n) is 8.65. The zero-order valence-corrected chi connectivity index (χ0v) is 16.1. The minimum atomic E-state index is -0.667. The van der Waals surface area contributed by atoms with E-state index in [0.717, 1.165) is 6.07 Å². The quantitative estimate of drug-likeness (QED) is 0.366. The molecule has 0 saturated carbocycles. The summed E-state index contributed by atoms with van der Waals surface area (Å²) in [4.78, 5) is 17.5. The highest BCUT2D eigenvalue weighted by Crippen LogP contribution is 2.23. The fraction of sp³-hybridized carbons (Fsp3) is 0.150. The molecule has 2 aromatic heterocycles. The number of benzene rings is 2. The standard InChI is InChI=1S/C20H15F3N4OS/c1-26-10-17-18(25-26)19(28)27(9-12-2-4-14(21)5-3-12)20(24-17)29-11-13-6-15(22)8-16(23)7-13/h2-8,10H,9,11H2,1H3. The van der Waals surface area contributed by atoms with Crippen molar-refractivity contribution in [3.8, 4) is 0 Å². The van der Waals surface area contributed by atoms with Gasteiger partial charge in [0.1, 0.15) is 23.0 Å². The number of rotatable bonds is 5. The summed E-state index contributed by atoms with van der Waals surface area (Å²) in [7, 11) is 1.69. The van der Waals surface area contributed by atoms with E-state index in [1.165, 1.54) is 45.3 Å². The van der Waals surface area contributed by atoms with E-state index in [1.807, 2.05) is 0 Å². The minimum Gasteiger partial charge on any atom is -0.281 e. The van der Waals surface area contributed by atoms with Crippen LogP contribution < -0.4 is 5.56 Å². The summed E-state index contributed by atoms with van der Waals surface area (Å²) >= 11 is 1.19. The summed E-state index contributed by atoms with van der Waals surface area (Å²) in [6.45, 7) is 0.165. The Morgan fingerprint density at radius 3 is 2.34 bits per heavy atom. The van der Waals surface area contributed by atoms with E-state index >= 15 is 0 Å². The molecule has 29 heavy (non-hydrogen) atoms. The molecule has 4 aromatic rings. The molecule has 4 rings (SSSR count). The number of fused-ring (bicyclic) bond motifs is 1. The predicted octanol–water partition coefficient (Wildman–Crippen LogP) is 3.89. The Morgan fingerprint density at radius 1 is 0.966 bits per heavy atom. The van der Waals surface area contributed by atoms with Gasteiger partial charge in [-0.3, -0.25) is 14.0 Å². The Kier molecular flexibility index (Phi) is 5.14. The lowest BCUT2D eigenvalue weighted by Gasteiger charge is -2.12. The van der Waals surface area contributed by atoms with Gasteiger partial charge in [0.15, 0.2) is 10.7 Å². The van der Waals surface area contributed by atoms with E-state index in [0.29, 0.717) is 21.8 Å². The molecule has 0 radical (unpaired) electrons. The first kappa shape index (κ1) is 19.3. The number of aromatic nitrogens is 4. The molecule has 0 saturated heterocycles. The van der Waals surface area contributed by atoms with Crippen molar-refractivity contribution in [3.05, 3.63) is 87.6 Å². The Morgan fingerprint density at radius 2 is 1.66 bits per heavy atom. The van der Waals surface area contributed by atoms with Gasteiger partial charge < -0.3 is 0 Å². The minimum absolute atomic E-state index is 0.165. The number of nitrogens with zero attached hydrogens (tertiary/aromatic N) is 4. The molecule has 0 aliphatic carbocycles. The molecule has 5 nitrogen and oxygen atoms in total. The van der Waals surface area contributed by atoms with Crippen molar-refractivity contribution >= 4 is 22.8 Å². The van der Waals surface area contributed by atoms with Crippen LogP contribution in [0.5, 0.6) is 0 Å². The Labute approximate surface area is 167 Å². The number of halogens is 3. The molecular formula is C20H15F3N4OS. The van der Waals surface area contributed by atoms with Crippen molar-refractivity contribution in [2.45, 2.75) is 17.5 Å². The second kappa shape index (κ2) is 7.75. The Balaban J connectivity index is 1.73. The third-order valence-electron chi connectivity index (χ3n) is 4.25. The first-order valence-corrected chi connectivity index (χ1v) is 9.64. The van der Waals surface area contributed by atoms with Gasteiger partial charge >= 0.3 is 0 Å². The fourth-order valence-electron chi connectivity index (χ4n) is 2.95. The van der Waals surface area contributed by atoms with Crippen LogP contribution in [0.4, 0.5) is 13.2 Å². The largest absolute Gasteiger partial charge is 0.282 e. The van der Waals surface area contributed by atoms with Gasteiger partial charge in [-0.05, 0) is 35.4 Å². The summed E-state index contributed by atoms with van der Waals surface area (Å²) in [5.74, 6) is -1.49. The molecule has 2 aromatic carbocycles. The van der Waals surface area contributed by atoms with Gasteiger partial charge in [0.2, 0.25) is 0 Å². The molecule has 0 spiro atoms. The van der Waals surface area contributed by atoms with Gasteiger partial charge in [-0.15, -0.1) is 0 Å². The van der Waals surface area contributed by atoms with Gasteiger partial charge in [0.05, 0.1) is 12.7 Å². The Hall–Kier alpha value is -3.07. The van der Waals surface area contributed by atoms with Crippen LogP contribution in [0.25, 0.3) is 11.0 Å². The SMILES string of the molecule is Cn1cc2nc(SCc3cc(F)cc(F)c3)n(Cc3ccc(F)cc3)c(=O)c2n1.